The van der Waals surface area contributed by atoms with Gasteiger partial charge in [-0.2, -0.15) is 0 Å². The van der Waals surface area contributed by atoms with Crippen LogP contribution in [-0.4, -0.2) is 21.2 Å². The maximum atomic E-state index is 11.0. The van der Waals surface area contributed by atoms with E-state index >= 15 is 0 Å². The Kier molecular flexibility index (Phi) is 3.58. The van der Waals surface area contributed by atoms with Gasteiger partial charge >= 0.3 is 5.97 Å². The fourth-order valence-corrected chi connectivity index (χ4v) is 2.18. The van der Waals surface area contributed by atoms with Gasteiger partial charge in [0.1, 0.15) is 11.3 Å². The first-order chi connectivity index (χ1) is 10.6. The molecule has 2 aromatic carbocycles. The molecule has 0 bridgehead atoms. The number of para-hydroxylation sites is 1. The second-order valence-electron chi connectivity index (χ2n) is 4.84. The van der Waals surface area contributed by atoms with Crippen LogP contribution < -0.4 is 0 Å². The Bertz CT molecular complexity index is 884. The molecule has 1 aromatic heterocycles. The molecule has 22 heavy (non-hydrogen) atoms. The molecular formula is C18H13NO3. The SMILES string of the molecule is O=C(O)c1cc(/C=C/c2ccc3ccccc3n2)ccc1O. The first kappa shape index (κ1) is 13.8. The molecule has 3 rings (SSSR count). The quantitative estimate of drug-likeness (QED) is 0.769. The highest BCUT2D eigenvalue weighted by Crippen LogP contribution is 2.20. The van der Waals surface area contributed by atoms with E-state index in [0.29, 0.717) is 5.56 Å². The van der Waals surface area contributed by atoms with E-state index in [-0.39, 0.29) is 11.3 Å². The topological polar surface area (TPSA) is 70.4 Å². The Labute approximate surface area is 127 Å². The van der Waals surface area contributed by atoms with Crippen molar-refractivity contribution in [3.8, 4) is 5.75 Å². The number of carboxylic acid groups (broad SMARTS) is 1. The van der Waals surface area contributed by atoms with Gasteiger partial charge in [0.05, 0.1) is 11.2 Å². The molecule has 0 aliphatic heterocycles. The Morgan fingerprint density at radius 1 is 1.00 bits per heavy atom. The molecule has 0 spiro atoms. The fraction of sp³-hybridized carbons (Fsp3) is 0. The van der Waals surface area contributed by atoms with Crippen molar-refractivity contribution in [1.29, 1.82) is 0 Å². The fourth-order valence-electron chi connectivity index (χ4n) is 2.18. The first-order valence-electron chi connectivity index (χ1n) is 6.74. The van der Waals surface area contributed by atoms with E-state index < -0.39 is 5.97 Å². The molecule has 2 N–H and O–H groups in total. The van der Waals surface area contributed by atoms with Gasteiger partial charge < -0.3 is 10.2 Å². The largest absolute Gasteiger partial charge is 0.507 e. The van der Waals surface area contributed by atoms with Gasteiger partial charge in [0.15, 0.2) is 0 Å². The average Bonchev–Trinajstić information content (AvgIpc) is 2.53. The number of nitrogens with zero attached hydrogens (tertiary/aromatic N) is 1. The Hall–Kier alpha value is -3.14. The number of benzene rings is 2. The van der Waals surface area contributed by atoms with E-state index in [0.717, 1.165) is 16.6 Å². The number of fused-ring (bicyclic) bond motifs is 1. The summed E-state index contributed by atoms with van der Waals surface area (Å²) in [6, 6.07) is 16.2. The van der Waals surface area contributed by atoms with Crippen LogP contribution in [0.3, 0.4) is 0 Å². The summed E-state index contributed by atoms with van der Waals surface area (Å²) in [5.74, 6) is -1.40. The molecule has 4 nitrogen and oxygen atoms in total. The monoisotopic (exact) mass is 291 g/mol. The molecule has 0 aliphatic carbocycles. The summed E-state index contributed by atoms with van der Waals surface area (Å²) in [6.45, 7) is 0. The van der Waals surface area contributed by atoms with Crippen LogP contribution in [0.2, 0.25) is 0 Å². The summed E-state index contributed by atoms with van der Waals surface area (Å²) in [7, 11) is 0. The Balaban J connectivity index is 1.92. The molecule has 3 aromatic rings. The number of phenols is 1. The predicted molar refractivity (Wildman–Crippen MR) is 85.7 cm³/mol. The summed E-state index contributed by atoms with van der Waals surface area (Å²) < 4.78 is 0. The van der Waals surface area contributed by atoms with Crippen molar-refractivity contribution in [3.63, 3.8) is 0 Å². The van der Waals surface area contributed by atoms with E-state index in [1.807, 2.05) is 42.5 Å². The lowest BCUT2D eigenvalue weighted by atomic mass is 10.1. The molecule has 108 valence electrons. The van der Waals surface area contributed by atoms with E-state index in [1.54, 1.807) is 12.1 Å². The van der Waals surface area contributed by atoms with E-state index in [4.69, 9.17) is 5.11 Å². The van der Waals surface area contributed by atoms with Gasteiger partial charge in [0, 0.05) is 5.39 Å². The molecule has 1 heterocycles. The van der Waals surface area contributed by atoms with Crippen molar-refractivity contribution in [2.45, 2.75) is 0 Å². The molecule has 4 heteroatoms. The highest BCUT2D eigenvalue weighted by Gasteiger charge is 2.08. The van der Waals surface area contributed by atoms with E-state index in [2.05, 4.69) is 4.98 Å². The summed E-state index contributed by atoms with van der Waals surface area (Å²) >= 11 is 0. The van der Waals surface area contributed by atoms with Crippen molar-refractivity contribution in [1.82, 2.24) is 4.98 Å². The molecular weight excluding hydrogens is 278 g/mol. The number of aromatic carboxylic acids is 1. The van der Waals surface area contributed by atoms with Crippen LogP contribution in [0.25, 0.3) is 23.1 Å². The third-order valence-electron chi connectivity index (χ3n) is 3.32. The number of hydrogen-bond acceptors (Lipinski definition) is 3. The second-order valence-corrected chi connectivity index (χ2v) is 4.84. The second kappa shape index (κ2) is 5.69. The van der Waals surface area contributed by atoms with Crippen molar-refractivity contribution >= 4 is 29.0 Å². The van der Waals surface area contributed by atoms with Crippen molar-refractivity contribution in [3.05, 3.63) is 71.4 Å². The standard InChI is InChI=1S/C18H13NO3/c20-17-10-6-12(11-15(17)18(21)22)5-8-14-9-7-13-3-1-2-4-16(13)19-14/h1-11,20H,(H,21,22)/b8-5+. The molecule has 0 fully saturated rings. The lowest BCUT2D eigenvalue weighted by molar-refractivity contribution is 0.0693. The zero-order valence-corrected chi connectivity index (χ0v) is 11.6. The lowest BCUT2D eigenvalue weighted by Crippen LogP contribution is -1.96. The number of rotatable bonds is 3. The van der Waals surface area contributed by atoms with Gasteiger partial charge in [-0.1, -0.05) is 36.4 Å². The number of carboxylic acids is 1. The van der Waals surface area contributed by atoms with E-state index in [1.165, 1.54) is 12.1 Å². The van der Waals surface area contributed by atoms with Gasteiger partial charge in [0.2, 0.25) is 0 Å². The van der Waals surface area contributed by atoms with Crippen LogP contribution in [0.1, 0.15) is 21.6 Å². The number of carbonyl (C=O) groups is 1. The minimum absolute atomic E-state index is 0.117. The van der Waals surface area contributed by atoms with Gasteiger partial charge in [-0.05, 0) is 35.9 Å². The number of aromatic nitrogens is 1. The molecule has 0 radical (unpaired) electrons. The maximum absolute atomic E-state index is 11.0. The van der Waals surface area contributed by atoms with Crippen molar-refractivity contribution in [2.75, 3.05) is 0 Å². The lowest BCUT2D eigenvalue weighted by Gasteiger charge is -2.01. The molecule has 0 unspecified atom stereocenters. The Morgan fingerprint density at radius 3 is 2.64 bits per heavy atom. The van der Waals surface area contributed by atoms with Crippen molar-refractivity contribution in [2.24, 2.45) is 0 Å². The van der Waals surface area contributed by atoms with Crippen LogP contribution in [0.5, 0.6) is 5.75 Å². The van der Waals surface area contributed by atoms with Gasteiger partial charge in [-0.3, -0.25) is 0 Å². The molecule has 0 amide bonds. The first-order valence-corrected chi connectivity index (χ1v) is 6.74. The van der Waals surface area contributed by atoms with Crippen LogP contribution >= 0.6 is 0 Å². The maximum Gasteiger partial charge on any atom is 0.339 e. The smallest absolute Gasteiger partial charge is 0.339 e. The summed E-state index contributed by atoms with van der Waals surface area (Å²) in [5.41, 5.74) is 2.25. The van der Waals surface area contributed by atoms with Gasteiger partial charge in [0.25, 0.3) is 0 Å². The number of hydrogen-bond donors (Lipinski definition) is 2. The minimum atomic E-state index is -1.16. The van der Waals surface area contributed by atoms with Gasteiger partial charge in [-0.25, -0.2) is 9.78 Å². The average molecular weight is 291 g/mol. The highest BCUT2D eigenvalue weighted by atomic mass is 16.4. The van der Waals surface area contributed by atoms with Crippen LogP contribution in [0, 0.1) is 0 Å². The van der Waals surface area contributed by atoms with Crippen molar-refractivity contribution < 1.29 is 15.0 Å². The van der Waals surface area contributed by atoms with Crippen LogP contribution in [0.4, 0.5) is 0 Å². The molecule has 0 atom stereocenters. The zero-order chi connectivity index (χ0) is 15.5. The Morgan fingerprint density at radius 2 is 1.82 bits per heavy atom. The van der Waals surface area contributed by atoms with Gasteiger partial charge in [-0.15, -0.1) is 0 Å². The number of aromatic hydroxyl groups is 1. The minimum Gasteiger partial charge on any atom is -0.507 e. The molecule has 0 saturated heterocycles. The van der Waals surface area contributed by atoms with Crippen LogP contribution in [0.15, 0.2) is 54.6 Å². The highest BCUT2D eigenvalue weighted by molar-refractivity contribution is 5.92. The third-order valence-corrected chi connectivity index (χ3v) is 3.32. The normalized spacial score (nSPS) is 11.1. The zero-order valence-electron chi connectivity index (χ0n) is 11.6. The molecule has 0 saturated carbocycles. The predicted octanol–water partition coefficient (Wildman–Crippen LogP) is 3.81. The van der Waals surface area contributed by atoms with E-state index in [9.17, 15) is 9.90 Å². The van der Waals surface area contributed by atoms with Crippen LogP contribution in [-0.2, 0) is 0 Å². The molecule has 0 aliphatic rings. The third kappa shape index (κ3) is 2.81. The summed E-state index contributed by atoms with van der Waals surface area (Å²) in [4.78, 5) is 15.5. The summed E-state index contributed by atoms with van der Waals surface area (Å²) in [5, 5.41) is 19.6. The number of pyridine rings is 1. The summed E-state index contributed by atoms with van der Waals surface area (Å²) in [6.07, 6.45) is 3.58.